The molecular formula is C16H23N3O4. The molecule has 2 N–H and O–H groups in total. The highest BCUT2D eigenvalue weighted by molar-refractivity contribution is 5.95. The van der Waals surface area contributed by atoms with Gasteiger partial charge in [-0.1, -0.05) is 6.07 Å². The first-order chi connectivity index (χ1) is 11.0. The molecule has 7 heteroatoms. The van der Waals surface area contributed by atoms with Crippen molar-refractivity contribution in [2.45, 2.75) is 25.4 Å². The topological polar surface area (TPSA) is 79.9 Å². The summed E-state index contributed by atoms with van der Waals surface area (Å²) in [5.74, 6) is 1.07. The van der Waals surface area contributed by atoms with E-state index in [-0.39, 0.29) is 18.5 Å². The minimum Gasteiger partial charge on any atom is -0.497 e. The summed E-state index contributed by atoms with van der Waals surface area (Å²) in [7, 11) is 4.99. The van der Waals surface area contributed by atoms with Gasteiger partial charge in [0.25, 0.3) is 0 Å². The van der Waals surface area contributed by atoms with Gasteiger partial charge in [0, 0.05) is 24.2 Å². The maximum Gasteiger partial charge on any atom is 0.321 e. The van der Waals surface area contributed by atoms with Crippen LogP contribution < -0.4 is 20.1 Å². The molecule has 0 bridgehead atoms. The van der Waals surface area contributed by atoms with Crippen LogP contribution in [-0.2, 0) is 11.3 Å². The molecule has 23 heavy (non-hydrogen) atoms. The molecule has 0 saturated heterocycles. The largest absolute Gasteiger partial charge is 0.497 e. The van der Waals surface area contributed by atoms with E-state index in [4.69, 9.17) is 9.47 Å². The molecule has 0 aliphatic heterocycles. The molecule has 1 saturated carbocycles. The number of ether oxygens (including phenoxy) is 2. The summed E-state index contributed by atoms with van der Waals surface area (Å²) < 4.78 is 10.5. The molecule has 1 fully saturated rings. The van der Waals surface area contributed by atoms with Gasteiger partial charge in [0.2, 0.25) is 5.91 Å². The van der Waals surface area contributed by atoms with Gasteiger partial charge in [-0.25, -0.2) is 4.79 Å². The summed E-state index contributed by atoms with van der Waals surface area (Å²) in [6.07, 6.45) is 1.97. The Kier molecular flexibility index (Phi) is 5.81. The molecule has 0 radical (unpaired) electrons. The molecule has 1 aromatic rings. The third-order valence-electron chi connectivity index (χ3n) is 3.51. The van der Waals surface area contributed by atoms with E-state index < -0.39 is 6.03 Å². The molecule has 2 rings (SSSR count). The van der Waals surface area contributed by atoms with Crippen LogP contribution in [0.1, 0.15) is 18.4 Å². The van der Waals surface area contributed by atoms with E-state index in [1.54, 1.807) is 20.3 Å². The van der Waals surface area contributed by atoms with Gasteiger partial charge in [0.05, 0.1) is 20.8 Å². The van der Waals surface area contributed by atoms with E-state index in [9.17, 15) is 9.59 Å². The number of hydrogen-bond acceptors (Lipinski definition) is 5. The minimum absolute atomic E-state index is 0.118. The van der Waals surface area contributed by atoms with Crippen LogP contribution in [0.15, 0.2) is 18.2 Å². The predicted molar refractivity (Wildman–Crippen MR) is 85.6 cm³/mol. The summed E-state index contributed by atoms with van der Waals surface area (Å²) in [6.45, 7) is 0.637. The maximum atomic E-state index is 11.8. The Morgan fingerprint density at radius 2 is 2.00 bits per heavy atom. The lowest BCUT2D eigenvalue weighted by molar-refractivity contribution is -0.120. The van der Waals surface area contributed by atoms with Crippen LogP contribution in [0.2, 0.25) is 0 Å². The summed E-state index contributed by atoms with van der Waals surface area (Å²) in [4.78, 5) is 25.2. The highest BCUT2D eigenvalue weighted by atomic mass is 16.5. The van der Waals surface area contributed by atoms with Crippen molar-refractivity contribution in [1.82, 2.24) is 15.5 Å². The fourth-order valence-corrected chi connectivity index (χ4v) is 2.19. The highest BCUT2D eigenvalue weighted by Crippen LogP contribution is 2.25. The Bertz CT molecular complexity index is 572. The van der Waals surface area contributed by atoms with Crippen molar-refractivity contribution in [2.75, 3.05) is 27.8 Å². The zero-order valence-electron chi connectivity index (χ0n) is 13.7. The monoisotopic (exact) mass is 321 g/mol. The predicted octanol–water partition coefficient (Wildman–Crippen LogP) is 1.12. The van der Waals surface area contributed by atoms with Crippen molar-refractivity contribution < 1.29 is 19.1 Å². The second-order valence-electron chi connectivity index (χ2n) is 5.65. The first-order valence-electron chi connectivity index (χ1n) is 7.51. The molecule has 3 amide bonds. The number of imide groups is 1. The standard InChI is InChI=1S/C16H23N3O4/c1-19(10-15(20)18-16(21)17-12-5-6-12)9-11-4-7-13(22-2)8-14(11)23-3/h4,7-8,12H,5-6,9-10H2,1-3H3,(H2,17,18,20,21). The number of rotatable bonds is 7. The van der Waals surface area contributed by atoms with Gasteiger partial charge < -0.3 is 14.8 Å². The van der Waals surface area contributed by atoms with Gasteiger partial charge in [-0.05, 0) is 26.0 Å². The normalized spacial score (nSPS) is 13.6. The van der Waals surface area contributed by atoms with Crippen LogP contribution in [0.3, 0.4) is 0 Å². The van der Waals surface area contributed by atoms with Crippen LogP contribution in [0.25, 0.3) is 0 Å². The van der Waals surface area contributed by atoms with Crippen LogP contribution in [0, 0.1) is 0 Å². The zero-order chi connectivity index (χ0) is 16.8. The first kappa shape index (κ1) is 17.1. The zero-order valence-corrected chi connectivity index (χ0v) is 13.7. The van der Waals surface area contributed by atoms with Gasteiger partial charge in [0.15, 0.2) is 0 Å². The Hall–Kier alpha value is -2.28. The average Bonchev–Trinajstić information content (AvgIpc) is 3.30. The number of nitrogens with one attached hydrogen (secondary N) is 2. The van der Waals surface area contributed by atoms with Crippen LogP contribution in [0.5, 0.6) is 11.5 Å². The van der Waals surface area contributed by atoms with Gasteiger partial charge in [-0.3, -0.25) is 15.0 Å². The van der Waals surface area contributed by atoms with Gasteiger partial charge in [-0.15, -0.1) is 0 Å². The molecule has 1 aromatic carbocycles. The molecule has 0 aromatic heterocycles. The third kappa shape index (κ3) is 5.45. The number of nitrogens with zero attached hydrogens (tertiary/aromatic N) is 1. The van der Waals surface area contributed by atoms with Crippen molar-refractivity contribution in [3.8, 4) is 11.5 Å². The lowest BCUT2D eigenvalue weighted by atomic mass is 10.2. The molecule has 126 valence electrons. The van der Waals surface area contributed by atoms with E-state index in [0.29, 0.717) is 18.0 Å². The number of amides is 3. The fraction of sp³-hybridized carbons (Fsp3) is 0.500. The van der Waals surface area contributed by atoms with Gasteiger partial charge in [0.1, 0.15) is 11.5 Å². The van der Waals surface area contributed by atoms with Crippen LogP contribution in [0.4, 0.5) is 4.79 Å². The second-order valence-corrected chi connectivity index (χ2v) is 5.65. The number of carbonyl (C=O) groups excluding carboxylic acids is 2. The molecule has 0 spiro atoms. The number of hydrogen-bond donors (Lipinski definition) is 2. The van der Waals surface area contributed by atoms with Crippen molar-refractivity contribution in [2.24, 2.45) is 0 Å². The number of urea groups is 1. The average molecular weight is 321 g/mol. The van der Waals surface area contributed by atoms with Crippen molar-refractivity contribution in [3.63, 3.8) is 0 Å². The van der Waals surface area contributed by atoms with E-state index in [1.165, 1.54) is 0 Å². The number of methoxy groups -OCH3 is 2. The number of benzene rings is 1. The Morgan fingerprint density at radius 1 is 1.26 bits per heavy atom. The van der Waals surface area contributed by atoms with Gasteiger partial charge >= 0.3 is 6.03 Å². The molecule has 0 unspecified atom stereocenters. The molecule has 1 aliphatic carbocycles. The molecule has 1 aliphatic rings. The van der Waals surface area contributed by atoms with Crippen molar-refractivity contribution in [1.29, 1.82) is 0 Å². The SMILES string of the molecule is COc1ccc(CN(C)CC(=O)NC(=O)NC2CC2)c(OC)c1. The summed E-state index contributed by atoms with van der Waals surface area (Å²) in [5, 5.41) is 5.05. The lowest BCUT2D eigenvalue weighted by Gasteiger charge is -2.18. The fourth-order valence-electron chi connectivity index (χ4n) is 2.19. The summed E-state index contributed by atoms with van der Waals surface area (Å²) in [5.41, 5.74) is 0.936. The Morgan fingerprint density at radius 3 is 2.61 bits per heavy atom. The summed E-state index contributed by atoms with van der Waals surface area (Å²) >= 11 is 0. The highest BCUT2D eigenvalue weighted by Gasteiger charge is 2.24. The first-order valence-corrected chi connectivity index (χ1v) is 7.51. The Labute approximate surface area is 135 Å². The quantitative estimate of drug-likeness (QED) is 0.787. The second kappa shape index (κ2) is 7.82. The van der Waals surface area contributed by atoms with E-state index >= 15 is 0 Å². The maximum absolute atomic E-state index is 11.8. The molecule has 0 atom stereocenters. The van der Waals surface area contributed by atoms with Gasteiger partial charge in [-0.2, -0.15) is 0 Å². The van der Waals surface area contributed by atoms with Crippen LogP contribution in [-0.4, -0.2) is 50.7 Å². The summed E-state index contributed by atoms with van der Waals surface area (Å²) in [6, 6.07) is 5.34. The van der Waals surface area contributed by atoms with Crippen molar-refractivity contribution in [3.05, 3.63) is 23.8 Å². The molecule has 7 nitrogen and oxygen atoms in total. The minimum atomic E-state index is -0.423. The molecule has 0 heterocycles. The van der Waals surface area contributed by atoms with Crippen LogP contribution >= 0.6 is 0 Å². The number of likely N-dealkylation sites (N-methyl/N-ethyl adjacent to an activating group) is 1. The van der Waals surface area contributed by atoms with E-state index in [1.807, 2.05) is 24.1 Å². The van der Waals surface area contributed by atoms with E-state index in [0.717, 1.165) is 18.4 Å². The smallest absolute Gasteiger partial charge is 0.321 e. The third-order valence-corrected chi connectivity index (χ3v) is 3.51. The van der Waals surface area contributed by atoms with E-state index in [2.05, 4.69) is 10.6 Å². The lowest BCUT2D eigenvalue weighted by Crippen LogP contribution is -2.44. The van der Waals surface area contributed by atoms with Crippen molar-refractivity contribution >= 4 is 11.9 Å². The molecular weight excluding hydrogens is 298 g/mol. The number of carbonyl (C=O) groups is 2. The Balaban J connectivity index is 1.84.